The average molecular weight is 324 g/mol. The zero-order chi connectivity index (χ0) is 15.1. The molecule has 0 radical (unpaired) electrons. The molecule has 0 aliphatic heterocycles. The highest BCUT2D eigenvalue weighted by Crippen LogP contribution is 2.24. The molecule has 2 aromatic carbocycles. The number of hydrogen-bond donors (Lipinski definition) is 1. The molecule has 0 saturated heterocycles. The Balaban J connectivity index is 2.08. The normalized spacial score (nSPS) is 12.1. The van der Waals surface area contributed by atoms with Gasteiger partial charge in [-0.05, 0) is 42.8 Å². The van der Waals surface area contributed by atoms with Gasteiger partial charge in [0, 0.05) is 10.0 Å². The molecule has 0 spiro atoms. The van der Waals surface area contributed by atoms with Crippen molar-refractivity contribution in [3.05, 3.63) is 64.1 Å². The van der Waals surface area contributed by atoms with E-state index in [1.54, 1.807) is 0 Å². The highest BCUT2D eigenvalue weighted by atomic mass is 35.5. The van der Waals surface area contributed by atoms with Crippen LogP contribution in [0, 0.1) is 0 Å². The second-order valence-electron chi connectivity index (χ2n) is 4.80. The summed E-state index contributed by atoms with van der Waals surface area (Å²) in [6.07, 6.45) is 1.05. The smallest absolute Gasteiger partial charge is 0.120 e. The quantitative estimate of drug-likeness (QED) is 0.764. The third kappa shape index (κ3) is 4.92. The first-order valence-electron chi connectivity index (χ1n) is 7.07. The topological polar surface area (TPSA) is 21.3 Å². The van der Waals surface area contributed by atoms with Gasteiger partial charge in [-0.25, -0.2) is 0 Å². The molecule has 0 heterocycles. The van der Waals surface area contributed by atoms with E-state index < -0.39 is 0 Å². The van der Waals surface area contributed by atoms with Gasteiger partial charge in [-0.15, -0.1) is 0 Å². The molecule has 1 N–H and O–H groups in total. The van der Waals surface area contributed by atoms with Crippen LogP contribution >= 0.6 is 23.2 Å². The molecule has 0 bridgehead atoms. The molecule has 1 unspecified atom stereocenters. The zero-order valence-electron chi connectivity index (χ0n) is 12.0. The maximum atomic E-state index is 6.29. The molecule has 2 aromatic rings. The highest BCUT2D eigenvalue weighted by molar-refractivity contribution is 6.31. The number of ether oxygens (including phenoxy) is 1. The van der Waals surface area contributed by atoms with Gasteiger partial charge in [0.15, 0.2) is 0 Å². The molecule has 0 saturated carbocycles. The molecule has 0 amide bonds. The third-order valence-corrected chi connectivity index (χ3v) is 3.71. The van der Waals surface area contributed by atoms with Crippen LogP contribution in [0.5, 0.6) is 5.75 Å². The Morgan fingerprint density at radius 2 is 1.90 bits per heavy atom. The Kier molecular flexibility index (Phi) is 6.37. The van der Waals surface area contributed by atoms with E-state index in [0.29, 0.717) is 11.6 Å². The van der Waals surface area contributed by atoms with Gasteiger partial charge in [0.2, 0.25) is 0 Å². The second kappa shape index (κ2) is 8.28. The van der Waals surface area contributed by atoms with Gasteiger partial charge in [0.1, 0.15) is 12.4 Å². The summed E-state index contributed by atoms with van der Waals surface area (Å²) in [7, 11) is 0. The summed E-state index contributed by atoms with van der Waals surface area (Å²) in [5.74, 6) is 0.762. The van der Waals surface area contributed by atoms with E-state index in [4.69, 9.17) is 27.9 Å². The van der Waals surface area contributed by atoms with E-state index in [1.807, 2.05) is 48.5 Å². The lowest BCUT2D eigenvalue weighted by Gasteiger charge is -2.20. The number of nitrogens with one attached hydrogen (secondary N) is 1. The lowest BCUT2D eigenvalue weighted by molar-refractivity contribution is 0.266. The van der Waals surface area contributed by atoms with Crippen molar-refractivity contribution in [2.24, 2.45) is 0 Å². The van der Waals surface area contributed by atoms with Gasteiger partial charge in [0.05, 0.1) is 6.04 Å². The van der Waals surface area contributed by atoms with E-state index in [-0.39, 0.29) is 6.04 Å². The lowest BCUT2D eigenvalue weighted by atomic mass is 10.1. The minimum Gasteiger partial charge on any atom is -0.492 e. The molecule has 0 aliphatic carbocycles. The monoisotopic (exact) mass is 323 g/mol. The Hall–Kier alpha value is -1.22. The zero-order valence-corrected chi connectivity index (χ0v) is 13.5. The van der Waals surface area contributed by atoms with E-state index in [1.165, 1.54) is 0 Å². The second-order valence-corrected chi connectivity index (χ2v) is 5.64. The Morgan fingerprint density at radius 3 is 2.62 bits per heavy atom. The van der Waals surface area contributed by atoms with Gasteiger partial charge in [-0.3, -0.25) is 0 Å². The van der Waals surface area contributed by atoms with E-state index in [9.17, 15) is 0 Å². The van der Waals surface area contributed by atoms with Gasteiger partial charge in [-0.2, -0.15) is 0 Å². The molecule has 0 aromatic heterocycles. The summed E-state index contributed by atoms with van der Waals surface area (Å²) in [5, 5.41) is 4.89. The molecule has 4 heteroatoms. The maximum absolute atomic E-state index is 6.29. The first-order valence-corrected chi connectivity index (χ1v) is 7.82. The van der Waals surface area contributed by atoms with Crippen molar-refractivity contribution in [2.45, 2.75) is 19.4 Å². The summed E-state index contributed by atoms with van der Waals surface area (Å²) >= 11 is 12.3. The predicted octanol–water partition coefficient (Wildman–Crippen LogP) is 5.11. The van der Waals surface area contributed by atoms with Crippen LogP contribution in [0.1, 0.15) is 24.9 Å². The van der Waals surface area contributed by atoms with E-state index >= 15 is 0 Å². The maximum Gasteiger partial charge on any atom is 0.120 e. The van der Waals surface area contributed by atoms with Crippen LogP contribution < -0.4 is 10.1 Å². The molecular weight excluding hydrogens is 305 g/mol. The predicted molar refractivity (Wildman–Crippen MR) is 89.4 cm³/mol. The molecule has 2 rings (SSSR count). The van der Waals surface area contributed by atoms with Gasteiger partial charge in [0.25, 0.3) is 0 Å². The van der Waals surface area contributed by atoms with Gasteiger partial charge in [-0.1, -0.05) is 54.4 Å². The number of benzene rings is 2. The summed E-state index contributed by atoms with van der Waals surface area (Å²) < 4.78 is 5.85. The number of hydrogen-bond acceptors (Lipinski definition) is 2. The summed E-state index contributed by atoms with van der Waals surface area (Å²) in [4.78, 5) is 0. The molecule has 2 nitrogen and oxygen atoms in total. The van der Waals surface area contributed by atoms with Crippen LogP contribution in [0.2, 0.25) is 10.0 Å². The van der Waals surface area contributed by atoms with Crippen molar-refractivity contribution in [1.82, 2.24) is 5.32 Å². The Labute approximate surface area is 136 Å². The molecular formula is C17H19Cl2NO. The van der Waals surface area contributed by atoms with Crippen molar-refractivity contribution < 1.29 is 4.74 Å². The van der Waals surface area contributed by atoms with E-state index in [2.05, 4.69) is 12.2 Å². The van der Waals surface area contributed by atoms with Crippen LogP contribution in [-0.4, -0.2) is 13.2 Å². The standard InChI is InChI=1S/C17H19Cl2NO/c1-2-10-20-17(15-8-3-4-9-16(15)19)12-21-14-7-5-6-13(18)11-14/h3-9,11,17,20H,2,10,12H2,1H3. The number of rotatable bonds is 7. The first-order chi connectivity index (χ1) is 10.2. The lowest BCUT2D eigenvalue weighted by Crippen LogP contribution is -2.27. The van der Waals surface area contributed by atoms with Gasteiger partial charge < -0.3 is 10.1 Å². The molecule has 0 fully saturated rings. The SMILES string of the molecule is CCCNC(COc1cccc(Cl)c1)c1ccccc1Cl. The van der Waals surface area contributed by atoms with Crippen molar-refractivity contribution in [1.29, 1.82) is 0 Å². The fraction of sp³-hybridized carbons (Fsp3) is 0.294. The molecule has 21 heavy (non-hydrogen) atoms. The fourth-order valence-electron chi connectivity index (χ4n) is 2.07. The van der Waals surface area contributed by atoms with E-state index in [0.717, 1.165) is 29.3 Å². The van der Waals surface area contributed by atoms with Crippen molar-refractivity contribution >= 4 is 23.2 Å². The highest BCUT2D eigenvalue weighted by Gasteiger charge is 2.14. The largest absolute Gasteiger partial charge is 0.492 e. The van der Waals surface area contributed by atoms with Crippen molar-refractivity contribution in [3.8, 4) is 5.75 Å². The number of halogens is 2. The molecule has 1 atom stereocenters. The van der Waals surface area contributed by atoms with Gasteiger partial charge >= 0.3 is 0 Å². The minimum atomic E-state index is 0.0534. The Morgan fingerprint density at radius 1 is 1.10 bits per heavy atom. The third-order valence-electron chi connectivity index (χ3n) is 3.13. The van der Waals surface area contributed by atoms with Crippen molar-refractivity contribution in [2.75, 3.05) is 13.2 Å². The summed E-state index contributed by atoms with van der Waals surface area (Å²) in [6, 6.07) is 15.3. The Bertz CT molecular complexity index is 574. The van der Waals surface area contributed by atoms with Crippen LogP contribution in [0.3, 0.4) is 0 Å². The van der Waals surface area contributed by atoms with Crippen LogP contribution in [0.15, 0.2) is 48.5 Å². The van der Waals surface area contributed by atoms with Crippen LogP contribution in [-0.2, 0) is 0 Å². The fourth-order valence-corrected chi connectivity index (χ4v) is 2.52. The summed E-state index contributed by atoms with van der Waals surface area (Å²) in [6.45, 7) is 3.55. The first kappa shape index (κ1) is 16.2. The minimum absolute atomic E-state index is 0.0534. The van der Waals surface area contributed by atoms with Crippen molar-refractivity contribution in [3.63, 3.8) is 0 Å². The van der Waals surface area contributed by atoms with Crippen LogP contribution in [0.4, 0.5) is 0 Å². The molecule has 0 aliphatic rings. The average Bonchev–Trinajstić information content (AvgIpc) is 2.48. The van der Waals surface area contributed by atoms with Crippen LogP contribution in [0.25, 0.3) is 0 Å². The summed E-state index contributed by atoms with van der Waals surface area (Å²) in [5.41, 5.74) is 1.05. The molecule has 112 valence electrons.